The molecule has 0 aromatic carbocycles. The highest BCUT2D eigenvalue weighted by Gasteiger charge is 2.19. The van der Waals surface area contributed by atoms with Crippen LogP contribution in [0.2, 0.25) is 0 Å². The fourth-order valence-corrected chi connectivity index (χ4v) is 4.09. The van der Waals surface area contributed by atoms with Crippen LogP contribution in [0.5, 0.6) is 0 Å². The molecular weight excluding hydrogens is 238 g/mol. The topological polar surface area (TPSA) is 33.1 Å². The van der Waals surface area contributed by atoms with Crippen molar-refractivity contribution in [2.75, 3.05) is 5.75 Å². The van der Waals surface area contributed by atoms with Gasteiger partial charge in [0.25, 0.3) is 0 Å². The van der Waals surface area contributed by atoms with Gasteiger partial charge in [0.05, 0.1) is 6.10 Å². The Hall–Kier alpha value is -0.0600. The first-order valence-corrected chi connectivity index (χ1v) is 7.83. The Labute approximate surface area is 105 Å². The van der Waals surface area contributed by atoms with Gasteiger partial charge in [0, 0.05) is 16.8 Å². The smallest absolute Gasteiger partial charge is 0.150 e. The molecule has 0 saturated heterocycles. The molecule has 0 aliphatic heterocycles. The number of aromatic nitrogens is 1. The second-order valence-corrected chi connectivity index (χ2v) is 6.73. The van der Waals surface area contributed by atoms with E-state index in [1.165, 1.54) is 25.7 Å². The number of rotatable bonds is 5. The predicted molar refractivity (Wildman–Crippen MR) is 70.2 cm³/mol. The number of aliphatic hydroxyl groups excluding tert-OH is 1. The molecule has 1 aliphatic rings. The van der Waals surface area contributed by atoms with E-state index in [1.807, 2.05) is 6.92 Å². The van der Waals surface area contributed by atoms with E-state index in [2.05, 4.69) is 10.4 Å². The van der Waals surface area contributed by atoms with E-state index in [0.29, 0.717) is 0 Å². The van der Waals surface area contributed by atoms with Crippen LogP contribution in [0.3, 0.4) is 0 Å². The van der Waals surface area contributed by atoms with Gasteiger partial charge in [-0.25, -0.2) is 4.98 Å². The molecule has 0 bridgehead atoms. The van der Waals surface area contributed by atoms with Crippen molar-refractivity contribution >= 4 is 23.1 Å². The minimum absolute atomic E-state index is 0.155. The summed E-state index contributed by atoms with van der Waals surface area (Å²) in [5.41, 5.74) is 1.08. The van der Waals surface area contributed by atoms with Crippen molar-refractivity contribution in [1.29, 1.82) is 0 Å². The number of thiazole rings is 1. The molecular formula is C12H19NOS2. The summed E-state index contributed by atoms with van der Waals surface area (Å²) in [5.74, 6) is 1.57. The van der Waals surface area contributed by atoms with Gasteiger partial charge < -0.3 is 5.11 Å². The Kier molecular flexibility index (Phi) is 4.67. The van der Waals surface area contributed by atoms with E-state index in [0.717, 1.165) is 28.1 Å². The van der Waals surface area contributed by atoms with Gasteiger partial charge in [0.2, 0.25) is 0 Å². The molecule has 1 aromatic heterocycles. The zero-order chi connectivity index (χ0) is 11.4. The van der Waals surface area contributed by atoms with Crippen LogP contribution in [0.15, 0.2) is 9.72 Å². The fourth-order valence-electron chi connectivity index (χ4n) is 2.27. The van der Waals surface area contributed by atoms with Gasteiger partial charge in [-0.2, -0.15) is 0 Å². The standard InChI is InChI=1S/C12H19NOS2/c1-9-7-15-12(13-9)16-8-11(14)6-10-4-2-3-5-10/h7,10-11,14H,2-6,8H2,1H3. The highest BCUT2D eigenvalue weighted by molar-refractivity contribution is 8.01. The summed E-state index contributed by atoms with van der Waals surface area (Å²) in [6.07, 6.45) is 6.18. The number of hydrogen-bond donors (Lipinski definition) is 1. The molecule has 4 heteroatoms. The zero-order valence-corrected chi connectivity index (χ0v) is 11.3. The maximum absolute atomic E-state index is 9.93. The number of hydrogen-bond acceptors (Lipinski definition) is 4. The number of thioether (sulfide) groups is 1. The lowest BCUT2D eigenvalue weighted by molar-refractivity contribution is 0.166. The lowest BCUT2D eigenvalue weighted by Gasteiger charge is -2.14. The maximum Gasteiger partial charge on any atom is 0.150 e. The van der Waals surface area contributed by atoms with Gasteiger partial charge in [-0.05, 0) is 19.3 Å². The molecule has 1 fully saturated rings. The summed E-state index contributed by atoms with van der Waals surface area (Å²) in [4.78, 5) is 4.38. The summed E-state index contributed by atoms with van der Waals surface area (Å²) in [6, 6.07) is 0. The Balaban J connectivity index is 1.68. The van der Waals surface area contributed by atoms with Crippen LogP contribution >= 0.6 is 23.1 Å². The van der Waals surface area contributed by atoms with E-state index in [4.69, 9.17) is 0 Å². The summed E-state index contributed by atoms with van der Waals surface area (Å²) in [7, 11) is 0. The molecule has 0 radical (unpaired) electrons. The van der Waals surface area contributed by atoms with Gasteiger partial charge in [0.15, 0.2) is 0 Å². The van der Waals surface area contributed by atoms with Crippen LogP contribution in [-0.2, 0) is 0 Å². The summed E-state index contributed by atoms with van der Waals surface area (Å²) in [5, 5.41) is 12.0. The average Bonchev–Trinajstić information content (AvgIpc) is 2.87. The van der Waals surface area contributed by atoms with Crippen molar-refractivity contribution < 1.29 is 5.11 Å². The van der Waals surface area contributed by atoms with E-state index < -0.39 is 0 Å². The van der Waals surface area contributed by atoms with Crippen molar-refractivity contribution in [3.8, 4) is 0 Å². The Morgan fingerprint density at radius 1 is 1.56 bits per heavy atom. The summed E-state index contributed by atoms with van der Waals surface area (Å²) < 4.78 is 1.09. The summed E-state index contributed by atoms with van der Waals surface area (Å²) >= 11 is 3.37. The molecule has 0 amide bonds. The third kappa shape index (κ3) is 3.75. The number of aryl methyl sites for hydroxylation is 1. The largest absolute Gasteiger partial charge is 0.392 e. The quantitative estimate of drug-likeness (QED) is 0.820. The van der Waals surface area contributed by atoms with E-state index in [-0.39, 0.29) is 6.10 Å². The lowest BCUT2D eigenvalue weighted by atomic mass is 10.0. The highest BCUT2D eigenvalue weighted by atomic mass is 32.2. The SMILES string of the molecule is Cc1csc(SCC(O)CC2CCCC2)n1. The van der Waals surface area contributed by atoms with E-state index in [9.17, 15) is 5.11 Å². The third-order valence-corrected chi connectivity index (χ3v) is 5.36. The number of nitrogens with zero attached hydrogens (tertiary/aromatic N) is 1. The first-order chi connectivity index (χ1) is 7.74. The van der Waals surface area contributed by atoms with Crippen molar-refractivity contribution in [3.63, 3.8) is 0 Å². The van der Waals surface area contributed by atoms with Crippen molar-refractivity contribution in [3.05, 3.63) is 11.1 Å². The molecule has 0 spiro atoms. The van der Waals surface area contributed by atoms with Crippen LogP contribution < -0.4 is 0 Å². The lowest BCUT2D eigenvalue weighted by Crippen LogP contribution is -2.14. The first kappa shape index (κ1) is 12.4. The van der Waals surface area contributed by atoms with Crippen LogP contribution in [0, 0.1) is 12.8 Å². The molecule has 1 saturated carbocycles. The molecule has 1 unspecified atom stereocenters. The van der Waals surface area contributed by atoms with Gasteiger partial charge in [0.1, 0.15) is 4.34 Å². The van der Waals surface area contributed by atoms with Crippen LogP contribution in [0.4, 0.5) is 0 Å². The molecule has 90 valence electrons. The Morgan fingerprint density at radius 3 is 2.94 bits per heavy atom. The second-order valence-electron chi connectivity index (χ2n) is 4.61. The molecule has 2 nitrogen and oxygen atoms in total. The van der Waals surface area contributed by atoms with Gasteiger partial charge >= 0.3 is 0 Å². The van der Waals surface area contributed by atoms with Crippen LogP contribution in [0.25, 0.3) is 0 Å². The normalized spacial score (nSPS) is 19.1. The van der Waals surface area contributed by atoms with Gasteiger partial charge in [-0.15, -0.1) is 11.3 Å². The monoisotopic (exact) mass is 257 g/mol. The Morgan fingerprint density at radius 2 is 2.31 bits per heavy atom. The molecule has 1 aliphatic carbocycles. The minimum Gasteiger partial charge on any atom is -0.392 e. The Bertz CT molecular complexity index is 321. The van der Waals surface area contributed by atoms with Crippen molar-refractivity contribution in [2.45, 2.75) is 49.5 Å². The third-order valence-electron chi connectivity index (χ3n) is 3.08. The molecule has 1 aromatic rings. The minimum atomic E-state index is -0.155. The second kappa shape index (κ2) is 6.03. The molecule has 1 heterocycles. The first-order valence-electron chi connectivity index (χ1n) is 5.97. The molecule has 1 atom stereocenters. The predicted octanol–water partition coefficient (Wildman–Crippen LogP) is 3.48. The van der Waals surface area contributed by atoms with Crippen LogP contribution in [0.1, 0.15) is 37.8 Å². The maximum atomic E-state index is 9.93. The van der Waals surface area contributed by atoms with Crippen molar-refractivity contribution in [1.82, 2.24) is 4.98 Å². The molecule has 16 heavy (non-hydrogen) atoms. The van der Waals surface area contributed by atoms with E-state index in [1.54, 1.807) is 23.1 Å². The van der Waals surface area contributed by atoms with Crippen molar-refractivity contribution in [2.24, 2.45) is 5.92 Å². The highest BCUT2D eigenvalue weighted by Crippen LogP contribution is 2.30. The summed E-state index contributed by atoms with van der Waals surface area (Å²) in [6.45, 7) is 2.01. The van der Waals surface area contributed by atoms with Gasteiger partial charge in [-0.3, -0.25) is 0 Å². The molecule has 2 rings (SSSR count). The average molecular weight is 257 g/mol. The van der Waals surface area contributed by atoms with Gasteiger partial charge in [-0.1, -0.05) is 37.4 Å². The molecule has 1 N–H and O–H groups in total. The van der Waals surface area contributed by atoms with Crippen LogP contribution in [-0.4, -0.2) is 21.9 Å². The zero-order valence-electron chi connectivity index (χ0n) is 9.69. The van der Waals surface area contributed by atoms with E-state index >= 15 is 0 Å². The number of aliphatic hydroxyl groups is 1. The fraction of sp³-hybridized carbons (Fsp3) is 0.750.